The fraction of sp³-hybridized carbons (Fsp3) is 0.385. The maximum atomic E-state index is 12.0. The van der Waals surface area contributed by atoms with Crippen LogP contribution in [-0.2, 0) is 4.79 Å². The Kier molecular flexibility index (Phi) is 4.01. The highest BCUT2D eigenvalue weighted by atomic mass is 79.9. The average molecular weight is 311 g/mol. The minimum atomic E-state index is -0.166. The number of hydrogen-bond donors (Lipinski definition) is 1. The normalized spacial score (nSPS) is 19.1. The van der Waals surface area contributed by atoms with E-state index in [9.17, 15) is 9.59 Å². The summed E-state index contributed by atoms with van der Waals surface area (Å²) in [6, 6.07) is 7.20. The number of anilines is 1. The van der Waals surface area contributed by atoms with E-state index in [4.69, 9.17) is 0 Å². The van der Waals surface area contributed by atoms with Crippen molar-refractivity contribution in [3.63, 3.8) is 0 Å². The summed E-state index contributed by atoms with van der Waals surface area (Å²) in [5.41, 5.74) is 1.24. The molecule has 1 aliphatic heterocycles. The summed E-state index contributed by atoms with van der Waals surface area (Å²) < 4.78 is 0. The van der Waals surface area contributed by atoms with E-state index < -0.39 is 0 Å². The van der Waals surface area contributed by atoms with Crippen molar-refractivity contribution >= 4 is 33.4 Å². The first-order chi connectivity index (χ1) is 8.67. The number of alkyl halides is 1. The monoisotopic (exact) mass is 310 g/mol. The molecule has 2 rings (SSSR count). The number of nitrogens with one attached hydrogen (secondary N) is 1. The SMILES string of the molecule is CNC(=O)c1ccccc1N1CC(CBr)CC1=O. The fourth-order valence-corrected chi connectivity index (χ4v) is 2.59. The summed E-state index contributed by atoms with van der Waals surface area (Å²) in [4.78, 5) is 25.5. The van der Waals surface area contributed by atoms with Gasteiger partial charge in [0.2, 0.25) is 5.91 Å². The molecule has 18 heavy (non-hydrogen) atoms. The van der Waals surface area contributed by atoms with Gasteiger partial charge in [-0.15, -0.1) is 0 Å². The Labute approximate surface area is 114 Å². The highest BCUT2D eigenvalue weighted by molar-refractivity contribution is 9.09. The van der Waals surface area contributed by atoms with Gasteiger partial charge in [-0.05, 0) is 18.1 Å². The summed E-state index contributed by atoms with van der Waals surface area (Å²) in [6.07, 6.45) is 0.535. The van der Waals surface area contributed by atoms with E-state index in [0.717, 1.165) is 5.33 Å². The second-order valence-corrected chi connectivity index (χ2v) is 4.97. The van der Waals surface area contributed by atoms with E-state index in [1.54, 1.807) is 24.1 Å². The van der Waals surface area contributed by atoms with Crippen molar-refractivity contribution in [2.45, 2.75) is 6.42 Å². The predicted octanol–water partition coefficient (Wildman–Crippen LogP) is 1.79. The van der Waals surface area contributed by atoms with Crippen molar-refractivity contribution in [2.24, 2.45) is 5.92 Å². The molecule has 0 saturated carbocycles. The molecule has 1 N–H and O–H groups in total. The van der Waals surface area contributed by atoms with Gasteiger partial charge >= 0.3 is 0 Å². The van der Waals surface area contributed by atoms with E-state index in [1.165, 1.54) is 0 Å². The first kappa shape index (κ1) is 13.1. The van der Waals surface area contributed by atoms with Crippen LogP contribution < -0.4 is 10.2 Å². The number of halogens is 1. The largest absolute Gasteiger partial charge is 0.355 e. The summed E-state index contributed by atoms with van der Waals surface area (Å²) >= 11 is 3.41. The van der Waals surface area contributed by atoms with Crippen LogP contribution in [0.4, 0.5) is 5.69 Å². The van der Waals surface area contributed by atoms with E-state index in [-0.39, 0.29) is 11.8 Å². The third-order valence-electron chi connectivity index (χ3n) is 3.09. The van der Waals surface area contributed by atoms with Gasteiger partial charge in [-0.25, -0.2) is 0 Å². The maximum Gasteiger partial charge on any atom is 0.253 e. The Balaban J connectivity index is 2.34. The molecule has 0 aromatic heterocycles. The Morgan fingerprint density at radius 3 is 2.83 bits per heavy atom. The van der Waals surface area contributed by atoms with Crippen LogP contribution >= 0.6 is 15.9 Å². The van der Waals surface area contributed by atoms with Crippen molar-refractivity contribution < 1.29 is 9.59 Å². The first-order valence-corrected chi connectivity index (χ1v) is 6.97. The zero-order valence-corrected chi connectivity index (χ0v) is 11.7. The molecule has 0 aliphatic carbocycles. The lowest BCUT2D eigenvalue weighted by Gasteiger charge is -2.19. The molecule has 4 nitrogen and oxygen atoms in total. The molecule has 1 saturated heterocycles. The lowest BCUT2D eigenvalue weighted by atomic mass is 10.1. The Hall–Kier alpha value is -1.36. The topological polar surface area (TPSA) is 49.4 Å². The molecule has 2 amide bonds. The van der Waals surface area contributed by atoms with Crippen LogP contribution in [0.3, 0.4) is 0 Å². The van der Waals surface area contributed by atoms with Crippen LogP contribution in [0.5, 0.6) is 0 Å². The number of nitrogens with zero attached hydrogens (tertiary/aromatic N) is 1. The Morgan fingerprint density at radius 1 is 1.50 bits per heavy atom. The third kappa shape index (κ3) is 2.41. The number of amides is 2. The van der Waals surface area contributed by atoms with Crippen molar-refractivity contribution in [3.8, 4) is 0 Å². The number of carbonyl (C=O) groups excluding carboxylic acids is 2. The Morgan fingerprint density at radius 2 is 2.22 bits per heavy atom. The van der Waals surface area contributed by atoms with Crippen molar-refractivity contribution in [1.82, 2.24) is 5.32 Å². The molecule has 1 aliphatic rings. The summed E-state index contributed by atoms with van der Waals surface area (Å²) in [7, 11) is 1.59. The minimum Gasteiger partial charge on any atom is -0.355 e. The van der Waals surface area contributed by atoms with Crippen LogP contribution in [0.15, 0.2) is 24.3 Å². The molecular formula is C13H15BrN2O2. The molecule has 96 valence electrons. The van der Waals surface area contributed by atoms with Crippen LogP contribution in [0.1, 0.15) is 16.8 Å². The number of rotatable bonds is 3. The third-order valence-corrected chi connectivity index (χ3v) is 4.01. The number of carbonyl (C=O) groups is 2. The molecule has 1 aromatic carbocycles. The molecule has 0 spiro atoms. The van der Waals surface area contributed by atoms with E-state index in [1.807, 2.05) is 12.1 Å². The molecular weight excluding hydrogens is 296 g/mol. The lowest BCUT2D eigenvalue weighted by Crippen LogP contribution is -2.28. The molecule has 0 radical (unpaired) electrons. The van der Waals surface area contributed by atoms with Gasteiger partial charge in [0.1, 0.15) is 0 Å². The molecule has 1 heterocycles. The highest BCUT2D eigenvalue weighted by Gasteiger charge is 2.31. The van der Waals surface area contributed by atoms with Gasteiger partial charge in [-0.1, -0.05) is 28.1 Å². The molecule has 0 bridgehead atoms. The van der Waals surface area contributed by atoms with E-state index in [0.29, 0.717) is 30.1 Å². The zero-order chi connectivity index (χ0) is 13.1. The summed E-state index contributed by atoms with van der Waals surface area (Å²) in [5.74, 6) is 0.228. The minimum absolute atomic E-state index is 0.0794. The number of hydrogen-bond acceptors (Lipinski definition) is 2. The summed E-state index contributed by atoms with van der Waals surface area (Å²) in [5, 5.41) is 3.40. The summed E-state index contributed by atoms with van der Waals surface area (Å²) in [6.45, 7) is 0.665. The smallest absolute Gasteiger partial charge is 0.253 e. The highest BCUT2D eigenvalue weighted by Crippen LogP contribution is 2.28. The molecule has 1 unspecified atom stereocenters. The van der Waals surface area contributed by atoms with Gasteiger partial charge in [-0.2, -0.15) is 0 Å². The van der Waals surface area contributed by atoms with Crippen molar-refractivity contribution in [2.75, 3.05) is 23.8 Å². The standard InChI is InChI=1S/C13H15BrN2O2/c1-15-13(18)10-4-2-3-5-11(10)16-8-9(7-14)6-12(16)17/h2-5,9H,6-8H2,1H3,(H,15,18). The van der Waals surface area contributed by atoms with Crippen molar-refractivity contribution in [3.05, 3.63) is 29.8 Å². The van der Waals surface area contributed by atoms with Gasteiger partial charge in [0.25, 0.3) is 5.91 Å². The quantitative estimate of drug-likeness (QED) is 0.865. The number of benzene rings is 1. The van der Waals surface area contributed by atoms with Gasteiger partial charge in [0, 0.05) is 25.3 Å². The second-order valence-electron chi connectivity index (χ2n) is 4.33. The van der Waals surface area contributed by atoms with Crippen molar-refractivity contribution in [1.29, 1.82) is 0 Å². The van der Waals surface area contributed by atoms with E-state index in [2.05, 4.69) is 21.2 Å². The average Bonchev–Trinajstić information content (AvgIpc) is 2.79. The molecule has 1 aromatic rings. The van der Waals surface area contributed by atoms with E-state index >= 15 is 0 Å². The van der Waals surface area contributed by atoms with Gasteiger partial charge in [0.15, 0.2) is 0 Å². The molecule has 1 fully saturated rings. The van der Waals surface area contributed by atoms with Crippen LogP contribution in [0, 0.1) is 5.92 Å². The zero-order valence-electron chi connectivity index (χ0n) is 10.1. The fourth-order valence-electron chi connectivity index (χ4n) is 2.15. The predicted molar refractivity (Wildman–Crippen MR) is 74.1 cm³/mol. The van der Waals surface area contributed by atoms with Gasteiger partial charge < -0.3 is 10.2 Å². The number of para-hydroxylation sites is 1. The Bertz CT molecular complexity index is 476. The van der Waals surface area contributed by atoms with Gasteiger partial charge in [0.05, 0.1) is 11.3 Å². The van der Waals surface area contributed by atoms with Crippen LogP contribution in [0.2, 0.25) is 0 Å². The first-order valence-electron chi connectivity index (χ1n) is 5.84. The maximum absolute atomic E-state index is 12.0. The van der Waals surface area contributed by atoms with Gasteiger partial charge in [-0.3, -0.25) is 9.59 Å². The molecule has 1 atom stereocenters. The van der Waals surface area contributed by atoms with Crippen LogP contribution in [-0.4, -0.2) is 30.7 Å². The second kappa shape index (κ2) is 5.52. The lowest BCUT2D eigenvalue weighted by molar-refractivity contribution is -0.117. The molecule has 5 heteroatoms. The van der Waals surface area contributed by atoms with Crippen LogP contribution in [0.25, 0.3) is 0 Å².